The Kier molecular flexibility index (Phi) is 11.5. The number of aliphatic hydroxyl groups excluding tert-OH is 1. The molecule has 12 nitrogen and oxygen atoms in total. The van der Waals surface area contributed by atoms with Crippen LogP contribution in [0, 0.1) is 0 Å². The van der Waals surface area contributed by atoms with Crippen molar-refractivity contribution in [2.24, 2.45) is 17.2 Å². The van der Waals surface area contributed by atoms with Crippen molar-refractivity contribution in [1.82, 2.24) is 10.2 Å². The minimum absolute atomic E-state index is 0.0825. The van der Waals surface area contributed by atoms with Gasteiger partial charge in [-0.25, -0.2) is 0 Å². The number of nitrogens with two attached hydrogens (primary N) is 3. The molecule has 0 bridgehead atoms. The normalized spacial score (nSPS) is 16.1. The van der Waals surface area contributed by atoms with Gasteiger partial charge in [0.25, 0.3) is 0 Å². The van der Waals surface area contributed by atoms with Gasteiger partial charge in [0.05, 0.1) is 17.2 Å². The lowest BCUT2D eigenvalue weighted by molar-refractivity contribution is -0.137. The van der Waals surface area contributed by atoms with Crippen molar-refractivity contribution in [2.45, 2.75) is 56.7 Å². The predicted molar refractivity (Wildman–Crippen MR) is 157 cm³/mol. The van der Waals surface area contributed by atoms with E-state index in [1.54, 1.807) is 19.9 Å². The molecule has 0 radical (unpaired) electrons. The zero-order chi connectivity index (χ0) is 32.8. The van der Waals surface area contributed by atoms with E-state index in [2.05, 4.69) is 10.6 Å². The minimum Gasteiger partial charge on any atom is -0.423 e. The standard InChI is InChI=1S/C28H38BF3N6O6/c1-27(2)19-8-7-18(15-20(19)29(43)44-27)36-26(42)23(24(40)16-3-5-17(6-4-16)28(30,31)32)37-25(41)21(35)9-10-22(39)38(13-11-33)14-12-34/h3-8,15,21,23-24,40,43H,9-14,33-35H2,1-2H3,(H,36,42)(H,37,41)/t21-,23-,24+/m0/s1. The number of alkyl halides is 3. The first kappa shape index (κ1) is 34.9. The largest absolute Gasteiger partial charge is 0.492 e. The highest BCUT2D eigenvalue weighted by Crippen LogP contribution is 2.32. The van der Waals surface area contributed by atoms with E-state index in [4.69, 9.17) is 21.9 Å². The maximum absolute atomic E-state index is 13.4. The lowest BCUT2D eigenvalue weighted by atomic mass is 9.78. The number of halogens is 3. The van der Waals surface area contributed by atoms with E-state index >= 15 is 0 Å². The van der Waals surface area contributed by atoms with Gasteiger partial charge in [-0.1, -0.05) is 18.2 Å². The zero-order valence-electron chi connectivity index (χ0n) is 24.4. The fourth-order valence-electron chi connectivity index (χ4n) is 4.87. The number of nitrogens with one attached hydrogen (secondary N) is 2. The van der Waals surface area contributed by atoms with Gasteiger partial charge in [0.2, 0.25) is 17.7 Å². The number of hydrogen-bond acceptors (Lipinski definition) is 9. The molecule has 0 unspecified atom stereocenters. The Bertz CT molecular complexity index is 1320. The van der Waals surface area contributed by atoms with Crippen molar-refractivity contribution < 1.29 is 42.3 Å². The molecule has 0 aliphatic carbocycles. The molecular formula is C28H38BF3N6O6. The van der Waals surface area contributed by atoms with E-state index in [1.807, 2.05) is 0 Å². The van der Waals surface area contributed by atoms with Crippen LogP contribution in [0.4, 0.5) is 18.9 Å². The summed E-state index contributed by atoms with van der Waals surface area (Å²) in [6.07, 6.45) is -6.65. The Morgan fingerprint density at radius 3 is 2.23 bits per heavy atom. The maximum atomic E-state index is 13.4. The Morgan fingerprint density at radius 2 is 1.66 bits per heavy atom. The summed E-state index contributed by atoms with van der Waals surface area (Å²) >= 11 is 0. The van der Waals surface area contributed by atoms with Crippen LogP contribution in [-0.4, -0.2) is 78.1 Å². The van der Waals surface area contributed by atoms with E-state index in [9.17, 15) is 37.7 Å². The number of hydrogen-bond donors (Lipinski definition) is 7. The SMILES string of the molecule is CC1(C)OB(O)c2cc(NC(=O)[C@@H](NC(=O)[C@@H](N)CCC(=O)N(CCN)CCN)[C@H](O)c3ccc(C(F)(F)F)cc3)ccc21. The van der Waals surface area contributed by atoms with Gasteiger partial charge in [0, 0.05) is 38.3 Å². The number of amides is 3. The molecule has 0 spiro atoms. The number of rotatable bonds is 13. The van der Waals surface area contributed by atoms with Crippen molar-refractivity contribution in [3.05, 3.63) is 59.2 Å². The van der Waals surface area contributed by atoms with E-state index in [1.165, 1.54) is 17.0 Å². The van der Waals surface area contributed by atoms with Crippen LogP contribution in [0.25, 0.3) is 0 Å². The van der Waals surface area contributed by atoms with E-state index in [0.717, 1.165) is 24.3 Å². The van der Waals surface area contributed by atoms with Crippen LogP contribution in [0.15, 0.2) is 42.5 Å². The minimum atomic E-state index is -4.63. The summed E-state index contributed by atoms with van der Waals surface area (Å²) in [6, 6.07) is 5.14. The molecule has 16 heteroatoms. The van der Waals surface area contributed by atoms with Crippen molar-refractivity contribution in [2.75, 3.05) is 31.5 Å². The summed E-state index contributed by atoms with van der Waals surface area (Å²) < 4.78 is 44.8. The predicted octanol–water partition coefficient (Wildman–Crippen LogP) is -0.331. The van der Waals surface area contributed by atoms with Crippen LogP contribution in [0.2, 0.25) is 0 Å². The summed E-state index contributed by atoms with van der Waals surface area (Å²) in [5.74, 6) is -2.12. The summed E-state index contributed by atoms with van der Waals surface area (Å²) in [5, 5.41) is 26.3. The first-order chi connectivity index (χ1) is 20.6. The van der Waals surface area contributed by atoms with Crippen LogP contribution in [0.5, 0.6) is 0 Å². The Balaban J connectivity index is 1.81. The number of aliphatic hydroxyl groups is 1. The molecule has 3 atom stereocenters. The third-order valence-corrected chi connectivity index (χ3v) is 7.27. The monoisotopic (exact) mass is 622 g/mol. The van der Waals surface area contributed by atoms with Crippen LogP contribution in [0.3, 0.4) is 0 Å². The van der Waals surface area contributed by atoms with E-state index in [0.29, 0.717) is 11.0 Å². The second kappa shape index (κ2) is 14.5. The maximum Gasteiger partial charge on any atom is 0.492 e. The number of carbonyl (C=O) groups is 3. The van der Waals surface area contributed by atoms with Gasteiger partial charge in [-0.3, -0.25) is 14.4 Å². The van der Waals surface area contributed by atoms with Crippen molar-refractivity contribution in [1.29, 1.82) is 0 Å². The second-order valence-corrected chi connectivity index (χ2v) is 10.9. The molecule has 2 aromatic rings. The summed E-state index contributed by atoms with van der Waals surface area (Å²) in [6.45, 7) is 4.48. The lowest BCUT2D eigenvalue weighted by Gasteiger charge is -2.26. The average Bonchev–Trinajstić information content (AvgIpc) is 3.20. The number of anilines is 1. The van der Waals surface area contributed by atoms with Gasteiger partial charge >= 0.3 is 13.3 Å². The molecule has 0 fully saturated rings. The van der Waals surface area contributed by atoms with Gasteiger partial charge in [-0.05, 0) is 61.1 Å². The van der Waals surface area contributed by atoms with E-state index in [-0.39, 0.29) is 56.2 Å². The molecule has 3 rings (SSSR count). The van der Waals surface area contributed by atoms with Crippen molar-refractivity contribution >= 4 is 36.0 Å². The van der Waals surface area contributed by atoms with Gasteiger partial charge in [0.15, 0.2) is 0 Å². The highest BCUT2D eigenvalue weighted by molar-refractivity contribution is 6.62. The highest BCUT2D eigenvalue weighted by Gasteiger charge is 2.41. The molecule has 44 heavy (non-hydrogen) atoms. The van der Waals surface area contributed by atoms with Crippen LogP contribution >= 0.6 is 0 Å². The van der Waals surface area contributed by atoms with Crippen molar-refractivity contribution in [3.8, 4) is 0 Å². The van der Waals surface area contributed by atoms with Gasteiger partial charge in [0.1, 0.15) is 12.1 Å². The summed E-state index contributed by atoms with van der Waals surface area (Å²) in [7, 11) is -1.25. The number of carbonyl (C=O) groups excluding carboxylic acids is 3. The third kappa shape index (κ3) is 8.55. The molecule has 0 aromatic heterocycles. The van der Waals surface area contributed by atoms with Crippen LogP contribution in [-0.2, 0) is 30.8 Å². The summed E-state index contributed by atoms with van der Waals surface area (Å²) in [5.41, 5.74) is 16.5. The Morgan fingerprint density at radius 1 is 1.05 bits per heavy atom. The van der Waals surface area contributed by atoms with Gasteiger partial charge < -0.3 is 47.5 Å². The molecule has 1 aliphatic heterocycles. The van der Waals surface area contributed by atoms with Gasteiger partial charge in [-0.2, -0.15) is 13.2 Å². The molecule has 10 N–H and O–H groups in total. The molecule has 2 aromatic carbocycles. The Labute approximate surface area is 253 Å². The van der Waals surface area contributed by atoms with Gasteiger partial charge in [-0.15, -0.1) is 0 Å². The molecule has 0 saturated carbocycles. The summed E-state index contributed by atoms with van der Waals surface area (Å²) in [4.78, 5) is 40.5. The van der Waals surface area contributed by atoms with E-state index < -0.39 is 54.5 Å². The lowest BCUT2D eigenvalue weighted by Crippen LogP contribution is -2.52. The third-order valence-electron chi connectivity index (χ3n) is 7.27. The highest BCUT2D eigenvalue weighted by atomic mass is 19.4. The first-order valence-corrected chi connectivity index (χ1v) is 14.0. The number of benzene rings is 2. The Hall–Kier alpha value is -3.54. The molecule has 1 aliphatic rings. The second-order valence-electron chi connectivity index (χ2n) is 10.9. The number of fused-ring (bicyclic) bond motifs is 1. The average molecular weight is 622 g/mol. The quantitative estimate of drug-likeness (QED) is 0.146. The van der Waals surface area contributed by atoms with Crippen LogP contribution < -0.4 is 33.3 Å². The fourth-order valence-corrected chi connectivity index (χ4v) is 4.87. The molecule has 1 heterocycles. The molecule has 0 saturated heterocycles. The topological polar surface area (TPSA) is 206 Å². The number of nitrogens with zero attached hydrogens (tertiary/aromatic N) is 1. The van der Waals surface area contributed by atoms with Crippen LogP contribution in [0.1, 0.15) is 49.5 Å². The van der Waals surface area contributed by atoms with Crippen molar-refractivity contribution in [3.63, 3.8) is 0 Å². The molecule has 3 amide bonds. The molecule has 240 valence electrons. The fraction of sp³-hybridized carbons (Fsp3) is 0.464. The smallest absolute Gasteiger partial charge is 0.423 e. The first-order valence-electron chi connectivity index (χ1n) is 14.0. The zero-order valence-corrected chi connectivity index (χ0v) is 24.4. The molecular weight excluding hydrogens is 584 g/mol.